The zero-order valence-corrected chi connectivity index (χ0v) is 13.9. The number of hydrogen-bond donors (Lipinski definition) is 1. The number of aryl methyl sites for hydroxylation is 1. The molecule has 2 rings (SSSR count). The van der Waals surface area contributed by atoms with Gasteiger partial charge in [0.15, 0.2) is 0 Å². The number of hydrogen-bond acceptors (Lipinski definition) is 3. The van der Waals surface area contributed by atoms with Crippen molar-refractivity contribution >= 4 is 10.2 Å². The molecule has 1 saturated heterocycles. The molecule has 1 heterocycles. The van der Waals surface area contributed by atoms with E-state index in [1.807, 2.05) is 25.9 Å². The Labute approximate surface area is 128 Å². The summed E-state index contributed by atoms with van der Waals surface area (Å²) in [7, 11) is 0.586. The van der Waals surface area contributed by atoms with Crippen LogP contribution in [0.15, 0.2) is 24.3 Å². The lowest BCUT2D eigenvalue weighted by Gasteiger charge is -2.26. The third-order valence-corrected chi connectivity index (χ3v) is 5.53. The van der Waals surface area contributed by atoms with Crippen LogP contribution in [0.4, 0.5) is 0 Å². The summed E-state index contributed by atoms with van der Waals surface area (Å²) in [6.07, 6.45) is 1.91. The molecule has 1 aromatic rings. The molecule has 0 amide bonds. The Morgan fingerprint density at radius 3 is 2.29 bits per heavy atom. The first-order valence-electron chi connectivity index (χ1n) is 7.38. The molecule has 1 aromatic carbocycles. The van der Waals surface area contributed by atoms with E-state index in [-0.39, 0.29) is 6.04 Å². The molecular formula is C15H25N3O2S. The van der Waals surface area contributed by atoms with E-state index in [2.05, 4.69) is 29.0 Å². The molecule has 5 nitrogen and oxygen atoms in total. The topological polar surface area (TPSA) is 52.7 Å². The van der Waals surface area contributed by atoms with Gasteiger partial charge in [0.05, 0.1) is 0 Å². The minimum Gasteiger partial charge on any atom is -0.301 e. The van der Waals surface area contributed by atoms with E-state index in [9.17, 15) is 8.42 Å². The van der Waals surface area contributed by atoms with Crippen LogP contribution < -0.4 is 4.72 Å². The van der Waals surface area contributed by atoms with Crippen molar-refractivity contribution in [3.63, 3.8) is 0 Å². The second-order valence-electron chi connectivity index (χ2n) is 5.85. The van der Waals surface area contributed by atoms with Crippen LogP contribution in [0.3, 0.4) is 0 Å². The smallest absolute Gasteiger partial charge is 0.279 e. The molecule has 1 aliphatic rings. The van der Waals surface area contributed by atoms with Crippen molar-refractivity contribution in [2.45, 2.75) is 25.8 Å². The van der Waals surface area contributed by atoms with E-state index in [0.717, 1.165) is 18.4 Å². The molecule has 1 aliphatic heterocycles. The van der Waals surface area contributed by atoms with Crippen molar-refractivity contribution in [1.82, 2.24) is 13.9 Å². The predicted molar refractivity (Wildman–Crippen MR) is 85.3 cm³/mol. The van der Waals surface area contributed by atoms with Crippen LogP contribution in [0, 0.1) is 6.92 Å². The minimum absolute atomic E-state index is 0.0305. The van der Waals surface area contributed by atoms with E-state index in [4.69, 9.17) is 0 Å². The highest BCUT2D eigenvalue weighted by Crippen LogP contribution is 2.19. The van der Waals surface area contributed by atoms with E-state index >= 15 is 0 Å². The van der Waals surface area contributed by atoms with Crippen molar-refractivity contribution in [2.24, 2.45) is 0 Å². The third-order valence-electron chi connectivity index (χ3n) is 3.95. The Kier molecular flexibility index (Phi) is 5.37. The van der Waals surface area contributed by atoms with Gasteiger partial charge in [0.25, 0.3) is 10.2 Å². The van der Waals surface area contributed by atoms with Crippen LogP contribution in [0.1, 0.15) is 30.0 Å². The molecule has 1 N–H and O–H groups in total. The average Bonchev–Trinajstić information content (AvgIpc) is 2.95. The quantitative estimate of drug-likeness (QED) is 0.867. The Morgan fingerprint density at radius 1 is 1.19 bits per heavy atom. The fourth-order valence-corrected chi connectivity index (χ4v) is 3.88. The second-order valence-corrected chi connectivity index (χ2v) is 7.60. The maximum atomic E-state index is 12.2. The van der Waals surface area contributed by atoms with Gasteiger partial charge in [-0.3, -0.25) is 0 Å². The summed E-state index contributed by atoms with van der Waals surface area (Å²) >= 11 is 0. The number of nitrogens with one attached hydrogen (secondary N) is 1. The fourth-order valence-electron chi connectivity index (χ4n) is 2.59. The molecule has 6 heteroatoms. The first-order valence-corrected chi connectivity index (χ1v) is 8.82. The van der Waals surface area contributed by atoms with Gasteiger partial charge in [-0.1, -0.05) is 29.8 Å². The lowest BCUT2D eigenvalue weighted by atomic mass is 10.0. The van der Waals surface area contributed by atoms with Gasteiger partial charge >= 0.3 is 0 Å². The third kappa shape index (κ3) is 4.26. The normalized spacial score (nSPS) is 18.3. The highest BCUT2D eigenvalue weighted by atomic mass is 32.2. The van der Waals surface area contributed by atoms with Gasteiger partial charge < -0.3 is 4.90 Å². The average molecular weight is 311 g/mol. The molecule has 0 radical (unpaired) electrons. The molecule has 0 bridgehead atoms. The van der Waals surface area contributed by atoms with E-state index in [1.54, 1.807) is 0 Å². The van der Waals surface area contributed by atoms with Crippen LogP contribution in [0.5, 0.6) is 0 Å². The van der Waals surface area contributed by atoms with Crippen molar-refractivity contribution < 1.29 is 8.42 Å². The highest BCUT2D eigenvalue weighted by Gasteiger charge is 2.26. The number of nitrogens with zero attached hydrogens (tertiary/aromatic N) is 2. The molecule has 118 valence electrons. The SMILES string of the molecule is Cc1ccc([C@@H](CNS(=O)(=O)N2CCCC2)N(C)C)cc1. The summed E-state index contributed by atoms with van der Waals surface area (Å²) in [6, 6.07) is 8.26. The molecule has 0 spiro atoms. The standard InChI is InChI=1S/C15H25N3O2S/c1-13-6-8-14(9-7-13)15(17(2)3)12-16-21(19,20)18-10-4-5-11-18/h6-9,15-16H,4-5,10-12H2,1-3H3/t15-/m1/s1. The molecule has 0 aliphatic carbocycles. The summed E-state index contributed by atoms with van der Waals surface area (Å²) in [6.45, 7) is 3.69. The van der Waals surface area contributed by atoms with Gasteiger partial charge in [0, 0.05) is 25.7 Å². The Balaban J connectivity index is 2.05. The van der Waals surface area contributed by atoms with Crippen LogP contribution in [0.2, 0.25) is 0 Å². The summed E-state index contributed by atoms with van der Waals surface area (Å²) < 4.78 is 28.8. The molecule has 0 saturated carbocycles. The van der Waals surface area contributed by atoms with Gasteiger partial charge in [-0.05, 0) is 39.4 Å². The van der Waals surface area contributed by atoms with E-state index < -0.39 is 10.2 Å². The van der Waals surface area contributed by atoms with Gasteiger partial charge in [0.2, 0.25) is 0 Å². The highest BCUT2D eigenvalue weighted by molar-refractivity contribution is 7.87. The number of likely N-dealkylation sites (N-methyl/N-ethyl adjacent to an activating group) is 1. The maximum Gasteiger partial charge on any atom is 0.279 e. The zero-order valence-electron chi connectivity index (χ0n) is 13.0. The van der Waals surface area contributed by atoms with E-state index in [1.165, 1.54) is 9.87 Å². The van der Waals surface area contributed by atoms with E-state index in [0.29, 0.717) is 19.6 Å². The van der Waals surface area contributed by atoms with Crippen LogP contribution >= 0.6 is 0 Å². The molecule has 21 heavy (non-hydrogen) atoms. The van der Waals surface area contributed by atoms with Crippen LogP contribution in [-0.2, 0) is 10.2 Å². The first kappa shape index (κ1) is 16.4. The Morgan fingerprint density at radius 2 is 1.76 bits per heavy atom. The van der Waals surface area contributed by atoms with Gasteiger partial charge in [-0.25, -0.2) is 4.72 Å². The monoisotopic (exact) mass is 311 g/mol. The van der Waals surface area contributed by atoms with Crippen molar-refractivity contribution in [1.29, 1.82) is 0 Å². The number of rotatable bonds is 6. The lowest BCUT2D eigenvalue weighted by Crippen LogP contribution is -2.42. The van der Waals surface area contributed by atoms with Crippen molar-refractivity contribution in [2.75, 3.05) is 33.7 Å². The van der Waals surface area contributed by atoms with Crippen LogP contribution in [-0.4, -0.2) is 51.4 Å². The summed E-state index contributed by atoms with van der Waals surface area (Å²) in [5.41, 5.74) is 2.32. The second kappa shape index (κ2) is 6.87. The summed E-state index contributed by atoms with van der Waals surface area (Å²) in [5.74, 6) is 0. The molecule has 0 aromatic heterocycles. The number of benzene rings is 1. The van der Waals surface area contributed by atoms with Gasteiger partial charge in [-0.15, -0.1) is 0 Å². The lowest BCUT2D eigenvalue weighted by molar-refractivity contribution is 0.297. The minimum atomic E-state index is -3.35. The predicted octanol–water partition coefficient (Wildman–Crippen LogP) is 1.53. The Hall–Kier alpha value is -0.950. The zero-order chi connectivity index (χ0) is 15.5. The van der Waals surface area contributed by atoms with Crippen molar-refractivity contribution in [3.8, 4) is 0 Å². The fraction of sp³-hybridized carbons (Fsp3) is 0.600. The van der Waals surface area contributed by atoms with Gasteiger partial charge in [-0.2, -0.15) is 12.7 Å². The largest absolute Gasteiger partial charge is 0.301 e. The molecule has 1 fully saturated rings. The maximum absolute atomic E-state index is 12.2. The summed E-state index contributed by atoms with van der Waals surface area (Å²) in [5, 5.41) is 0. The van der Waals surface area contributed by atoms with Crippen molar-refractivity contribution in [3.05, 3.63) is 35.4 Å². The van der Waals surface area contributed by atoms with Crippen LogP contribution in [0.25, 0.3) is 0 Å². The molecule has 1 atom stereocenters. The van der Waals surface area contributed by atoms with Gasteiger partial charge in [0.1, 0.15) is 0 Å². The molecular weight excluding hydrogens is 286 g/mol. The molecule has 0 unspecified atom stereocenters. The Bertz CT molecular complexity index is 549. The first-order chi connectivity index (χ1) is 9.90. The summed E-state index contributed by atoms with van der Waals surface area (Å²) in [4.78, 5) is 2.04.